The lowest BCUT2D eigenvalue weighted by atomic mass is 10.1. The van der Waals surface area contributed by atoms with Crippen LogP contribution in [-0.4, -0.2) is 52.6 Å². The molecule has 0 radical (unpaired) electrons. The fourth-order valence-corrected chi connectivity index (χ4v) is 3.73. The van der Waals surface area contributed by atoms with Gasteiger partial charge in [-0.3, -0.25) is 4.90 Å². The van der Waals surface area contributed by atoms with Crippen LogP contribution in [0.1, 0.15) is 22.8 Å². The van der Waals surface area contributed by atoms with E-state index in [-0.39, 0.29) is 35.9 Å². The maximum Gasteiger partial charge on any atom is 0.377 e. The van der Waals surface area contributed by atoms with Crippen LogP contribution in [0.5, 0.6) is 11.5 Å². The fourth-order valence-electron chi connectivity index (χ4n) is 3.73. The molecule has 38 heavy (non-hydrogen) atoms. The molecule has 1 amide bonds. The van der Waals surface area contributed by atoms with Crippen molar-refractivity contribution >= 4 is 17.7 Å². The number of tetrazole rings is 1. The molecule has 0 spiro atoms. The number of esters is 1. The van der Waals surface area contributed by atoms with E-state index in [0.29, 0.717) is 15.1 Å². The number of carbonyl (C=O) groups is 2. The smallest absolute Gasteiger partial charge is 0.377 e. The minimum atomic E-state index is -0.995. The Kier molecular flexibility index (Phi) is 7.80. The first kappa shape index (κ1) is 26.1. The summed E-state index contributed by atoms with van der Waals surface area (Å²) >= 11 is 0. The number of nitrogens with zero attached hydrogens (tertiary/aromatic N) is 5. The standard InChI is InChI=1S/C26H24FN5O6/c1-4-30(25(34)32-26(35)31(28-29-32)23-20(27)11-8-12-21(23)36-2)18-13-14-19(22(15-18)37-3)24(33)38-16-17-9-6-5-7-10-17/h5-15H,4,16H2,1-3H3. The van der Waals surface area contributed by atoms with Gasteiger partial charge in [-0.2, -0.15) is 4.68 Å². The highest BCUT2D eigenvalue weighted by atomic mass is 19.1. The molecule has 11 nitrogen and oxygen atoms in total. The number of halogens is 1. The van der Waals surface area contributed by atoms with E-state index in [1.807, 2.05) is 30.3 Å². The molecule has 0 unspecified atom stereocenters. The average Bonchev–Trinajstić information content (AvgIpc) is 3.32. The van der Waals surface area contributed by atoms with Gasteiger partial charge in [-0.05, 0) is 47.2 Å². The van der Waals surface area contributed by atoms with Crippen LogP contribution in [0, 0.1) is 5.82 Å². The third kappa shape index (κ3) is 5.09. The molecule has 0 bridgehead atoms. The number of aromatic nitrogens is 4. The number of rotatable bonds is 8. The summed E-state index contributed by atoms with van der Waals surface area (Å²) in [5, 5.41) is 7.31. The Morgan fingerprint density at radius 2 is 1.68 bits per heavy atom. The minimum Gasteiger partial charge on any atom is -0.496 e. The molecule has 4 rings (SSSR count). The number of benzene rings is 3. The lowest BCUT2D eigenvalue weighted by Gasteiger charge is -2.21. The van der Waals surface area contributed by atoms with E-state index in [1.54, 1.807) is 6.92 Å². The van der Waals surface area contributed by atoms with Crippen LogP contribution in [-0.2, 0) is 11.3 Å². The van der Waals surface area contributed by atoms with Gasteiger partial charge in [0.15, 0.2) is 5.82 Å². The summed E-state index contributed by atoms with van der Waals surface area (Å²) in [6.45, 7) is 1.89. The second kappa shape index (κ2) is 11.4. The molecular weight excluding hydrogens is 497 g/mol. The van der Waals surface area contributed by atoms with Crippen molar-refractivity contribution in [3.05, 3.63) is 94.2 Å². The highest BCUT2D eigenvalue weighted by Crippen LogP contribution is 2.27. The number of methoxy groups -OCH3 is 2. The van der Waals surface area contributed by atoms with Crippen molar-refractivity contribution in [2.45, 2.75) is 13.5 Å². The van der Waals surface area contributed by atoms with E-state index in [9.17, 15) is 18.8 Å². The largest absolute Gasteiger partial charge is 0.496 e. The van der Waals surface area contributed by atoms with Crippen molar-refractivity contribution < 1.29 is 28.2 Å². The van der Waals surface area contributed by atoms with Crippen molar-refractivity contribution in [2.24, 2.45) is 0 Å². The molecule has 12 heteroatoms. The summed E-state index contributed by atoms with van der Waals surface area (Å²) < 4.78 is 31.5. The Morgan fingerprint density at radius 1 is 0.947 bits per heavy atom. The first-order chi connectivity index (χ1) is 18.4. The van der Waals surface area contributed by atoms with Gasteiger partial charge in [-0.25, -0.2) is 18.8 Å². The summed E-state index contributed by atoms with van der Waals surface area (Å²) in [6.07, 6.45) is 0. The average molecular weight is 522 g/mol. The number of carbonyl (C=O) groups excluding carboxylic acids is 2. The lowest BCUT2D eigenvalue weighted by Crippen LogP contribution is -2.41. The highest BCUT2D eigenvalue weighted by molar-refractivity contribution is 5.96. The highest BCUT2D eigenvalue weighted by Gasteiger charge is 2.26. The topological polar surface area (TPSA) is 118 Å². The predicted molar refractivity (Wildman–Crippen MR) is 134 cm³/mol. The van der Waals surface area contributed by atoms with Gasteiger partial charge in [0.2, 0.25) is 0 Å². The maximum atomic E-state index is 14.5. The molecule has 0 aliphatic carbocycles. The summed E-state index contributed by atoms with van der Waals surface area (Å²) in [5.74, 6) is -1.18. The number of anilines is 1. The summed E-state index contributed by atoms with van der Waals surface area (Å²) in [5.41, 5.74) is 0.0297. The maximum absolute atomic E-state index is 14.5. The SMILES string of the molecule is CCN(C(=O)n1nnn(-c2c(F)cccc2OC)c1=O)c1ccc(C(=O)OCc2ccccc2)c(OC)c1. The summed E-state index contributed by atoms with van der Waals surface area (Å²) in [4.78, 5) is 40.2. The molecular formula is C26H24FN5O6. The van der Waals surface area contributed by atoms with Crippen LogP contribution in [0.3, 0.4) is 0 Å². The molecule has 0 atom stereocenters. The van der Waals surface area contributed by atoms with Crippen molar-refractivity contribution in [1.29, 1.82) is 0 Å². The zero-order chi connectivity index (χ0) is 27.2. The minimum absolute atomic E-state index is 0.0402. The van der Waals surface area contributed by atoms with Crippen molar-refractivity contribution in [3.63, 3.8) is 0 Å². The van der Waals surface area contributed by atoms with Gasteiger partial charge in [-0.15, -0.1) is 4.68 Å². The van der Waals surface area contributed by atoms with Gasteiger partial charge < -0.3 is 14.2 Å². The van der Waals surface area contributed by atoms with Gasteiger partial charge in [0.1, 0.15) is 29.4 Å². The van der Waals surface area contributed by atoms with Crippen molar-refractivity contribution in [3.8, 4) is 17.2 Å². The number of para-hydroxylation sites is 1. The zero-order valence-corrected chi connectivity index (χ0v) is 20.8. The van der Waals surface area contributed by atoms with Crippen molar-refractivity contribution in [2.75, 3.05) is 25.7 Å². The Morgan fingerprint density at radius 3 is 2.37 bits per heavy atom. The normalized spacial score (nSPS) is 10.6. The number of hydrogen-bond donors (Lipinski definition) is 0. The van der Waals surface area contributed by atoms with Gasteiger partial charge in [-0.1, -0.05) is 36.4 Å². The Balaban J connectivity index is 1.60. The lowest BCUT2D eigenvalue weighted by molar-refractivity contribution is 0.0469. The third-order valence-electron chi connectivity index (χ3n) is 5.62. The van der Waals surface area contributed by atoms with Crippen LogP contribution in [0.4, 0.5) is 14.9 Å². The predicted octanol–water partition coefficient (Wildman–Crippen LogP) is 3.44. The van der Waals surface area contributed by atoms with E-state index in [0.717, 1.165) is 11.6 Å². The van der Waals surface area contributed by atoms with Crippen LogP contribution in [0.15, 0.2) is 71.5 Å². The fraction of sp³-hybridized carbons (Fsp3) is 0.192. The Bertz CT molecular complexity index is 1520. The first-order valence-electron chi connectivity index (χ1n) is 11.5. The van der Waals surface area contributed by atoms with Gasteiger partial charge in [0, 0.05) is 18.3 Å². The molecule has 0 fully saturated rings. The molecule has 1 aromatic heterocycles. The summed E-state index contributed by atoms with van der Waals surface area (Å²) in [6, 6.07) is 16.8. The van der Waals surface area contributed by atoms with E-state index in [1.165, 1.54) is 49.5 Å². The van der Waals surface area contributed by atoms with Crippen LogP contribution >= 0.6 is 0 Å². The number of amides is 1. The molecule has 1 heterocycles. The summed E-state index contributed by atoms with van der Waals surface area (Å²) in [7, 11) is 2.69. The Hall–Kier alpha value is -5.00. The van der Waals surface area contributed by atoms with Crippen molar-refractivity contribution in [1.82, 2.24) is 19.8 Å². The van der Waals surface area contributed by atoms with Crippen LogP contribution in [0.25, 0.3) is 5.69 Å². The van der Waals surface area contributed by atoms with E-state index in [4.69, 9.17) is 14.2 Å². The second-order valence-corrected chi connectivity index (χ2v) is 7.85. The molecule has 0 saturated heterocycles. The molecule has 3 aromatic carbocycles. The molecule has 0 N–H and O–H groups in total. The monoisotopic (exact) mass is 521 g/mol. The van der Waals surface area contributed by atoms with Gasteiger partial charge in [0.05, 0.1) is 14.2 Å². The third-order valence-corrected chi connectivity index (χ3v) is 5.62. The Labute approximate surface area is 216 Å². The quantitative estimate of drug-likeness (QED) is 0.256. The van der Waals surface area contributed by atoms with E-state index in [2.05, 4.69) is 10.4 Å². The van der Waals surface area contributed by atoms with Gasteiger partial charge in [0.25, 0.3) is 0 Å². The first-order valence-corrected chi connectivity index (χ1v) is 11.5. The van der Waals surface area contributed by atoms with Crippen LogP contribution < -0.4 is 20.1 Å². The molecule has 4 aromatic rings. The van der Waals surface area contributed by atoms with E-state index >= 15 is 0 Å². The second-order valence-electron chi connectivity index (χ2n) is 7.85. The van der Waals surface area contributed by atoms with E-state index < -0.39 is 23.5 Å². The number of ether oxygens (including phenoxy) is 3. The van der Waals surface area contributed by atoms with Crippen LogP contribution in [0.2, 0.25) is 0 Å². The van der Waals surface area contributed by atoms with Gasteiger partial charge >= 0.3 is 17.7 Å². The molecule has 196 valence electrons. The molecule has 0 saturated carbocycles. The molecule has 0 aliphatic heterocycles. The number of hydrogen-bond acceptors (Lipinski definition) is 8. The zero-order valence-electron chi connectivity index (χ0n) is 20.8. The molecule has 0 aliphatic rings.